The van der Waals surface area contributed by atoms with E-state index in [9.17, 15) is 0 Å². The summed E-state index contributed by atoms with van der Waals surface area (Å²) in [5.41, 5.74) is 1.71. The van der Waals surface area contributed by atoms with Crippen molar-refractivity contribution in [3.8, 4) is 0 Å². The van der Waals surface area contributed by atoms with Gasteiger partial charge in [0.05, 0.1) is 5.39 Å². The molecule has 2 aromatic heterocycles. The standard InChI is InChI=1S/C14H12N4S.ClH/c1-19-14-17-12-11(8-5-9-15-12)13(18-14)16-10-6-3-2-4-7-10;/h2-9H,1H3,(H,15,16,17,18);1H. The SMILES string of the molecule is CSc1nc(Nc2ccccc2)c2cccnc2n1.Cl. The first kappa shape index (κ1) is 14.6. The number of fused-ring (bicyclic) bond motifs is 1. The van der Waals surface area contributed by atoms with E-state index in [-0.39, 0.29) is 12.4 Å². The Labute approximate surface area is 127 Å². The predicted molar refractivity (Wildman–Crippen MR) is 86.1 cm³/mol. The molecule has 1 N–H and O–H groups in total. The minimum absolute atomic E-state index is 0. The molecule has 0 saturated carbocycles. The van der Waals surface area contributed by atoms with Gasteiger partial charge in [0.1, 0.15) is 5.82 Å². The van der Waals surface area contributed by atoms with Crippen LogP contribution in [0.2, 0.25) is 0 Å². The highest BCUT2D eigenvalue weighted by Gasteiger charge is 2.07. The maximum Gasteiger partial charge on any atom is 0.191 e. The summed E-state index contributed by atoms with van der Waals surface area (Å²) in [6.45, 7) is 0. The summed E-state index contributed by atoms with van der Waals surface area (Å²) in [6, 6.07) is 13.8. The average molecular weight is 305 g/mol. The lowest BCUT2D eigenvalue weighted by atomic mass is 10.3. The number of nitrogens with zero attached hydrogens (tertiary/aromatic N) is 3. The van der Waals surface area contributed by atoms with Gasteiger partial charge in [0.2, 0.25) is 0 Å². The number of para-hydroxylation sites is 1. The molecule has 6 heteroatoms. The monoisotopic (exact) mass is 304 g/mol. The molecule has 0 unspecified atom stereocenters. The molecule has 0 aliphatic carbocycles. The Bertz CT molecular complexity index is 706. The number of hydrogen-bond acceptors (Lipinski definition) is 5. The Morgan fingerprint density at radius 3 is 2.55 bits per heavy atom. The molecular formula is C14H13ClN4S. The van der Waals surface area contributed by atoms with Crippen LogP contribution in [0.4, 0.5) is 11.5 Å². The van der Waals surface area contributed by atoms with E-state index in [0.29, 0.717) is 10.8 Å². The number of benzene rings is 1. The van der Waals surface area contributed by atoms with Crippen molar-refractivity contribution in [2.24, 2.45) is 0 Å². The van der Waals surface area contributed by atoms with Gasteiger partial charge in [-0.05, 0) is 30.5 Å². The normalized spacial score (nSPS) is 10.1. The number of anilines is 2. The average Bonchev–Trinajstić information content (AvgIpc) is 2.48. The van der Waals surface area contributed by atoms with Gasteiger partial charge in [-0.2, -0.15) is 0 Å². The molecule has 3 aromatic rings. The summed E-state index contributed by atoms with van der Waals surface area (Å²) in [5, 5.41) is 4.95. The lowest BCUT2D eigenvalue weighted by Gasteiger charge is -2.09. The quantitative estimate of drug-likeness (QED) is 0.587. The molecule has 0 radical (unpaired) electrons. The van der Waals surface area contributed by atoms with Gasteiger partial charge in [-0.3, -0.25) is 0 Å². The lowest BCUT2D eigenvalue weighted by Crippen LogP contribution is -1.99. The van der Waals surface area contributed by atoms with Crippen LogP contribution in [-0.4, -0.2) is 21.2 Å². The molecule has 0 saturated heterocycles. The van der Waals surface area contributed by atoms with Gasteiger partial charge in [-0.1, -0.05) is 30.0 Å². The van der Waals surface area contributed by atoms with Crippen LogP contribution < -0.4 is 5.32 Å². The minimum Gasteiger partial charge on any atom is -0.340 e. The molecule has 3 rings (SSSR count). The third-order valence-corrected chi connectivity index (χ3v) is 3.22. The summed E-state index contributed by atoms with van der Waals surface area (Å²) < 4.78 is 0. The Balaban J connectivity index is 0.00000147. The van der Waals surface area contributed by atoms with Gasteiger partial charge in [0.25, 0.3) is 0 Å². The van der Waals surface area contributed by atoms with Crippen LogP contribution in [0.25, 0.3) is 11.0 Å². The molecule has 0 bridgehead atoms. The lowest BCUT2D eigenvalue weighted by molar-refractivity contribution is 0.996. The van der Waals surface area contributed by atoms with Crippen LogP contribution >= 0.6 is 24.2 Å². The third kappa shape index (κ3) is 3.00. The Morgan fingerprint density at radius 1 is 1.00 bits per heavy atom. The summed E-state index contributed by atoms with van der Waals surface area (Å²) >= 11 is 1.51. The number of rotatable bonds is 3. The van der Waals surface area contributed by atoms with Crippen molar-refractivity contribution in [1.82, 2.24) is 15.0 Å². The second kappa shape index (κ2) is 6.54. The van der Waals surface area contributed by atoms with Gasteiger partial charge in [0.15, 0.2) is 10.8 Å². The molecule has 0 fully saturated rings. The van der Waals surface area contributed by atoms with Crippen LogP contribution in [0.3, 0.4) is 0 Å². The van der Waals surface area contributed by atoms with Crippen LogP contribution in [0.15, 0.2) is 53.8 Å². The fourth-order valence-electron chi connectivity index (χ4n) is 1.79. The summed E-state index contributed by atoms with van der Waals surface area (Å²) in [4.78, 5) is 13.2. The van der Waals surface area contributed by atoms with Gasteiger partial charge < -0.3 is 5.32 Å². The van der Waals surface area contributed by atoms with E-state index in [1.54, 1.807) is 6.20 Å². The van der Waals surface area contributed by atoms with Crippen LogP contribution in [-0.2, 0) is 0 Å². The fraction of sp³-hybridized carbons (Fsp3) is 0.0714. The Kier molecular flexibility index (Phi) is 4.76. The van der Waals surface area contributed by atoms with Crippen molar-refractivity contribution < 1.29 is 0 Å². The van der Waals surface area contributed by atoms with E-state index < -0.39 is 0 Å². The van der Waals surface area contributed by atoms with Crippen molar-refractivity contribution in [1.29, 1.82) is 0 Å². The third-order valence-electron chi connectivity index (χ3n) is 2.67. The van der Waals surface area contributed by atoms with Crippen LogP contribution in [0.1, 0.15) is 0 Å². The number of aromatic nitrogens is 3. The first-order chi connectivity index (χ1) is 9.36. The van der Waals surface area contributed by atoms with Crippen molar-refractivity contribution in [2.75, 3.05) is 11.6 Å². The molecule has 0 spiro atoms. The van der Waals surface area contributed by atoms with E-state index in [2.05, 4.69) is 20.3 Å². The molecule has 0 aliphatic rings. The maximum atomic E-state index is 4.52. The highest BCUT2D eigenvalue weighted by Crippen LogP contribution is 2.24. The summed E-state index contributed by atoms with van der Waals surface area (Å²) in [6.07, 6.45) is 3.70. The van der Waals surface area contributed by atoms with E-state index in [1.165, 1.54) is 11.8 Å². The molecule has 0 aliphatic heterocycles. The Hall–Kier alpha value is -1.85. The van der Waals surface area contributed by atoms with Crippen molar-refractivity contribution in [3.63, 3.8) is 0 Å². The van der Waals surface area contributed by atoms with Crippen molar-refractivity contribution in [3.05, 3.63) is 48.7 Å². The highest BCUT2D eigenvalue weighted by molar-refractivity contribution is 7.98. The summed E-state index contributed by atoms with van der Waals surface area (Å²) in [5.74, 6) is 0.786. The van der Waals surface area contributed by atoms with E-state index in [0.717, 1.165) is 16.9 Å². The number of pyridine rings is 1. The van der Waals surface area contributed by atoms with Crippen LogP contribution in [0.5, 0.6) is 0 Å². The highest BCUT2D eigenvalue weighted by atomic mass is 35.5. The molecule has 0 amide bonds. The first-order valence-electron chi connectivity index (χ1n) is 5.85. The number of halogens is 1. The second-order valence-electron chi connectivity index (χ2n) is 3.92. The second-order valence-corrected chi connectivity index (χ2v) is 4.70. The molecule has 2 heterocycles. The topological polar surface area (TPSA) is 50.7 Å². The minimum atomic E-state index is 0. The van der Waals surface area contributed by atoms with Gasteiger partial charge in [-0.25, -0.2) is 15.0 Å². The fourth-order valence-corrected chi connectivity index (χ4v) is 2.15. The zero-order chi connectivity index (χ0) is 13.1. The molecule has 20 heavy (non-hydrogen) atoms. The van der Waals surface area contributed by atoms with E-state index >= 15 is 0 Å². The first-order valence-corrected chi connectivity index (χ1v) is 7.08. The number of thioether (sulfide) groups is 1. The number of nitrogens with one attached hydrogen (secondary N) is 1. The van der Waals surface area contributed by atoms with Gasteiger partial charge in [0, 0.05) is 11.9 Å². The molecule has 1 aromatic carbocycles. The summed E-state index contributed by atoms with van der Waals surface area (Å²) in [7, 11) is 0. The predicted octanol–water partition coefficient (Wildman–Crippen LogP) is 3.91. The zero-order valence-electron chi connectivity index (χ0n) is 10.8. The molecule has 4 nitrogen and oxygen atoms in total. The molecule has 102 valence electrons. The smallest absolute Gasteiger partial charge is 0.191 e. The van der Waals surface area contributed by atoms with Crippen LogP contribution in [0, 0.1) is 0 Å². The van der Waals surface area contributed by atoms with Crippen molar-refractivity contribution >= 4 is 46.7 Å². The maximum absolute atomic E-state index is 4.52. The van der Waals surface area contributed by atoms with Crippen molar-refractivity contribution in [2.45, 2.75) is 5.16 Å². The Morgan fingerprint density at radius 2 is 1.80 bits per heavy atom. The van der Waals surface area contributed by atoms with E-state index in [1.807, 2.05) is 48.7 Å². The molecular weight excluding hydrogens is 292 g/mol. The number of hydrogen-bond donors (Lipinski definition) is 1. The zero-order valence-corrected chi connectivity index (χ0v) is 12.4. The van der Waals surface area contributed by atoms with Gasteiger partial charge in [-0.15, -0.1) is 12.4 Å². The molecule has 0 atom stereocenters. The van der Waals surface area contributed by atoms with E-state index in [4.69, 9.17) is 0 Å². The largest absolute Gasteiger partial charge is 0.340 e. The van der Waals surface area contributed by atoms with Gasteiger partial charge >= 0.3 is 0 Å².